The number of esters is 1. The van der Waals surface area contributed by atoms with Crippen LogP contribution in [0.4, 0.5) is 5.13 Å². The van der Waals surface area contributed by atoms with Gasteiger partial charge in [-0.05, 0) is 39.0 Å². The average Bonchev–Trinajstić information content (AvgIpc) is 2.90. The predicted molar refractivity (Wildman–Crippen MR) is 98.0 cm³/mol. The molecule has 1 atom stereocenters. The van der Waals surface area contributed by atoms with Crippen LogP contribution < -0.4 is 10.1 Å². The van der Waals surface area contributed by atoms with Gasteiger partial charge >= 0.3 is 5.97 Å². The van der Waals surface area contributed by atoms with Gasteiger partial charge in [-0.1, -0.05) is 34.5 Å². The summed E-state index contributed by atoms with van der Waals surface area (Å²) in [5, 5.41) is 3.69. The molecule has 1 N–H and O–H groups in total. The lowest BCUT2D eigenvalue weighted by molar-refractivity contribution is -0.122. The van der Waals surface area contributed by atoms with Gasteiger partial charge in [-0.3, -0.25) is 10.1 Å². The van der Waals surface area contributed by atoms with Gasteiger partial charge in [-0.25, -0.2) is 9.78 Å². The van der Waals surface area contributed by atoms with E-state index in [0.717, 1.165) is 11.3 Å². The fourth-order valence-electron chi connectivity index (χ4n) is 1.86. The first-order valence-corrected chi connectivity index (χ1v) is 8.96. The molecule has 0 radical (unpaired) electrons. The standard InChI is InChI=1S/C16H16Cl2N2O4S/c1-4-23-15(22)13-8(2)19-16(25-13)20-14(21)9(3)24-12-6-5-10(17)7-11(12)18/h5-7,9H,4H2,1-3H3,(H,19,20,21). The molecule has 25 heavy (non-hydrogen) atoms. The van der Waals surface area contributed by atoms with Crippen molar-refractivity contribution in [2.24, 2.45) is 0 Å². The van der Waals surface area contributed by atoms with E-state index < -0.39 is 18.0 Å². The number of carbonyl (C=O) groups is 2. The highest BCUT2D eigenvalue weighted by molar-refractivity contribution is 7.17. The normalized spacial score (nSPS) is 11.7. The van der Waals surface area contributed by atoms with E-state index in [1.54, 1.807) is 32.9 Å². The van der Waals surface area contributed by atoms with E-state index >= 15 is 0 Å². The number of aryl methyl sites for hydroxylation is 1. The molecule has 0 spiro atoms. The third-order valence-electron chi connectivity index (χ3n) is 3.05. The molecule has 0 bridgehead atoms. The summed E-state index contributed by atoms with van der Waals surface area (Å²) in [5.41, 5.74) is 0.494. The van der Waals surface area contributed by atoms with Crippen LogP contribution in [0.2, 0.25) is 10.0 Å². The Morgan fingerprint density at radius 1 is 1.36 bits per heavy atom. The minimum absolute atomic E-state index is 0.268. The third-order valence-corrected chi connectivity index (χ3v) is 4.64. The summed E-state index contributed by atoms with van der Waals surface area (Å²) in [4.78, 5) is 28.6. The van der Waals surface area contributed by atoms with Gasteiger partial charge in [0.05, 0.1) is 17.3 Å². The monoisotopic (exact) mass is 402 g/mol. The Kier molecular flexibility index (Phi) is 6.64. The highest BCUT2D eigenvalue weighted by Crippen LogP contribution is 2.29. The molecule has 2 rings (SSSR count). The molecule has 1 aromatic carbocycles. The summed E-state index contributed by atoms with van der Waals surface area (Å²) in [6, 6.07) is 4.73. The van der Waals surface area contributed by atoms with Crippen molar-refractivity contribution in [3.63, 3.8) is 0 Å². The second-order valence-corrected chi connectivity index (χ2v) is 6.82. The lowest BCUT2D eigenvalue weighted by Crippen LogP contribution is -2.30. The van der Waals surface area contributed by atoms with Crippen molar-refractivity contribution < 1.29 is 19.1 Å². The van der Waals surface area contributed by atoms with Crippen LogP contribution >= 0.6 is 34.5 Å². The molecule has 9 heteroatoms. The van der Waals surface area contributed by atoms with Crippen molar-refractivity contribution in [1.29, 1.82) is 0 Å². The van der Waals surface area contributed by atoms with Gasteiger partial charge in [0.25, 0.3) is 5.91 Å². The maximum atomic E-state index is 12.3. The van der Waals surface area contributed by atoms with Crippen LogP contribution in [0.15, 0.2) is 18.2 Å². The number of nitrogens with one attached hydrogen (secondary N) is 1. The number of carbonyl (C=O) groups excluding carboxylic acids is 2. The third kappa shape index (κ3) is 5.07. The summed E-state index contributed by atoms with van der Waals surface area (Å²) in [6.07, 6.45) is -0.825. The number of rotatable bonds is 6. The molecule has 6 nitrogen and oxygen atoms in total. The summed E-state index contributed by atoms with van der Waals surface area (Å²) in [7, 11) is 0. The molecule has 134 valence electrons. The summed E-state index contributed by atoms with van der Waals surface area (Å²) >= 11 is 12.9. The van der Waals surface area contributed by atoms with E-state index in [2.05, 4.69) is 10.3 Å². The van der Waals surface area contributed by atoms with Gasteiger partial charge in [-0.2, -0.15) is 0 Å². The lowest BCUT2D eigenvalue weighted by atomic mass is 10.3. The Hall–Kier alpha value is -1.83. The van der Waals surface area contributed by atoms with E-state index in [9.17, 15) is 9.59 Å². The first kappa shape index (κ1) is 19.5. The SMILES string of the molecule is CCOC(=O)c1sc(NC(=O)C(C)Oc2ccc(Cl)cc2Cl)nc1C. The molecule has 1 unspecified atom stereocenters. The van der Waals surface area contributed by atoms with Crippen LogP contribution in [0.25, 0.3) is 0 Å². The number of amides is 1. The van der Waals surface area contributed by atoms with E-state index in [1.165, 1.54) is 6.07 Å². The Balaban J connectivity index is 2.03. The molecule has 1 heterocycles. The van der Waals surface area contributed by atoms with Gasteiger partial charge in [0.2, 0.25) is 0 Å². The first-order chi connectivity index (χ1) is 11.8. The number of hydrogen-bond donors (Lipinski definition) is 1. The summed E-state index contributed by atoms with van der Waals surface area (Å²) in [6.45, 7) is 5.24. The van der Waals surface area contributed by atoms with Gasteiger partial charge in [0.1, 0.15) is 10.6 Å². The number of benzene rings is 1. The van der Waals surface area contributed by atoms with Gasteiger partial charge in [0, 0.05) is 5.02 Å². The summed E-state index contributed by atoms with van der Waals surface area (Å²) in [5.74, 6) is -0.540. The maximum Gasteiger partial charge on any atom is 0.350 e. The Labute approximate surface area is 159 Å². The maximum absolute atomic E-state index is 12.3. The molecule has 0 saturated carbocycles. The summed E-state index contributed by atoms with van der Waals surface area (Å²) < 4.78 is 10.5. The van der Waals surface area contributed by atoms with E-state index in [4.69, 9.17) is 32.7 Å². The number of thiazole rings is 1. The molecule has 2 aromatic rings. The fourth-order valence-corrected chi connectivity index (χ4v) is 3.17. The predicted octanol–water partition coefficient (Wildman–Crippen LogP) is 4.34. The smallest absolute Gasteiger partial charge is 0.350 e. The molecule has 0 aliphatic heterocycles. The number of anilines is 1. The molecule has 1 amide bonds. The molecule has 0 aliphatic rings. The average molecular weight is 403 g/mol. The molecule has 0 aliphatic carbocycles. The fraction of sp³-hybridized carbons (Fsp3) is 0.312. The van der Waals surface area contributed by atoms with Crippen LogP contribution in [0.5, 0.6) is 5.75 Å². The van der Waals surface area contributed by atoms with Crippen molar-refractivity contribution in [2.75, 3.05) is 11.9 Å². The zero-order valence-corrected chi connectivity index (χ0v) is 16.1. The number of ether oxygens (including phenoxy) is 2. The number of nitrogens with zero attached hydrogens (tertiary/aromatic N) is 1. The minimum Gasteiger partial charge on any atom is -0.479 e. The van der Waals surface area contributed by atoms with Crippen molar-refractivity contribution in [3.05, 3.63) is 38.8 Å². The second kappa shape index (κ2) is 8.51. The van der Waals surface area contributed by atoms with Crippen molar-refractivity contribution in [2.45, 2.75) is 26.9 Å². The minimum atomic E-state index is -0.825. The number of aromatic nitrogens is 1. The topological polar surface area (TPSA) is 77.5 Å². The Morgan fingerprint density at radius 3 is 2.72 bits per heavy atom. The molecule has 0 saturated heterocycles. The Bertz CT molecular complexity index is 794. The molecular weight excluding hydrogens is 387 g/mol. The van der Waals surface area contributed by atoms with Crippen LogP contribution in [0.1, 0.15) is 29.2 Å². The van der Waals surface area contributed by atoms with Crippen molar-refractivity contribution in [3.8, 4) is 5.75 Å². The quantitative estimate of drug-likeness (QED) is 0.726. The van der Waals surface area contributed by atoms with Gasteiger partial charge in [-0.15, -0.1) is 0 Å². The van der Waals surface area contributed by atoms with Crippen molar-refractivity contribution >= 4 is 51.5 Å². The lowest BCUT2D eigenvalue weighted by Gasteiger charge is -2.14. The number of halogens is 2. The zero-order chi connectivity index (χ0) is 18.6. The van der Waals surface area contributed by atoms with Crippen LogP contribution in [-0.2, 0) is 9.53 Å². The second-order valence-electron chi connectivity index (χ2n) is 4.98. The molecular formula is C16H16Cl2N2O4S. The van der Waals surface area contributed by atoms with Crippen molar-refractivity contribution in [1.82, 2.24) is 4.98 Å². The number of hydrogen-bond acceptors (Lipinski definition) is 6. The highest BCUT2D eigenvalue weighted by atomic mass is 35.5. The molecule has 0 fully saturated rings. The first-order valence-electron chi connectivity index (χ1n) is 7.39. The molecule has 1 aromatic heterocycles. The Morgan fingerprint density at radius 2 is 2.08 bits per heavy atom. The van der Waals surface area contributed by atoms with Crippen LogP contribution in [-0.4, -0.2) is 29.6 Å². The van der Waals surface area contributed by atoms with E-state index in [1.807, 2.05) is 0 Å². The highest BCUT2D eigenvalue weighted by Gasteiger charge is 2.21. The van der Waals surface area contributed by atoms with E-state index in [-0.39, 0.29) is 6.61 Å². The largest absolute Gasteiger partial charge is 0.479 e. The van der Waals surface area contributed by atoms with Crippen LogP contribution in [0.3, 0.4) is 0 Å². The zero-order valence-electron chi connectivity index (χ0n) is 13.8. The van der Waals surface area contributed by atoms with Crippen LogP contribution in [0, 0.1) is 6.92 Å². The van der Waals surface area contributed by atoms with E-state index in [0.29, 0.717) is 31.5 Å². The van der Waals surface area contributed by atoms with Gasteiger partial charge in [0.15, 0.2) is 11.2 Å². The van der Waals surface area contributed by atoms with Gasteiger partial charge < -0.3 is 9.47 Å².